The van der Waals surface area contributed by atoms with Gasteiger partial charge in [-0.1, -0.05) is 23.9 Å². The number of carbonyl (C=O) groups is 6. The standard InChI is InChI=1S/C33H30N8O13S2/c1-2-39-9-18(27(48)17-7-20(42)21(43)8-19(17)39)28(49)34-24(14-3-5-16(6-4-14)54-11-23(46)47)29(50)35-25-30(51)41-26(32(52)53)15(12-55-31(25)41)13-56-33-36-37-38-40(33)10-22(44)45/h3-9,24-25,31,42-43H,2,10-13H2,1H3,(H,34,49)(H,35,50)(H,44,45)(H,46,47)(H,52,53)/t24?,25-,31-/m1/s1. The van der Waals surface area contributed by atoms with E-state index in [0.29, 0.717) is 5.57 Å². The smallest absolute Gasteiger partial charge is 0.352 e. The van der Waals surface area contributed by atoms with E-state index in [2.05, 4.69) is 26.2 Å². The van der Waals surface area contributed by atoms with Gasteiger partial charge >= 0.3 is 17.9 Å². The van der Waals surface area contributed by atoms with Crippen LogP contribution in [0.4, 0.5) is 0 Å². The van der Waals surface area contributed by atoms with Gasteiger partial charge < -0.3 is 45.5 Å². The molecule has 2 aromatic carbocycles. The summed E-state index contributed by atoms with van der Waals surface area (Å²) in [6.07, 6.45) is 1.22. The molecular weight excluding hydrogens is 781 g/mol. The van der Waals surface area contributed by atoms with E-state index in [1.807, 2.05) is 0 Å². The number of hydrogen-bond donors (Lipinski definition) is 7. The third-order valence-electron chi connectivity index (χ3n) is 8.58. The van der Waals surface area contributed by atoms with Gasteiger partial charge in [-0.25, -0.2) is 14.3 Å². The highest BCUT2D eigenvalue weighted by Crippen LogP contribution is 2.42. The summed E-state index contributed by atoms with van der Waals surface area (Å²) in [4.78, 5) is 90.4. The molecule has 2 aromatic heterocycles. The summed E-state index contributed by atoms with van der Waals surface area (Å²) in [5.41, 5.74) is -0.886. The van der Waals surface area contributed by atoms with Gasteiger partial charge in [-0.05, 0) is 46.7 Å². The fourth-order valence-corrected chi connectivity index (χ4v) is 8.32. The number of nitrogens with zero attached hydrogens (tertiary/aromatic N) is 6. The molecule has 2 aliphatic rings. The molecule has 23 heteroatoms. The van der Waals surface area contributed by atoms with Crippen molar-refractivity contribution >= 4 is 70.1 Å². The summed E-state index contributed by atoms with van der Waals surface area (Å²) in [5.74, 6) is -7.40. The lowest BCUT2D eigenvalue weighted by Gasteiger charge is -2.49. The predicted molar refractivity (Wildman–Crippen MR) is 193 cm³/mol. The Balaban J connectivity index is 1.25. The second kappa shape index (κ2) is 16.0. The number of carbonyl (C=O) groups excluding carboxylic acids is 3. The third-order valence-corrected chi connectivity index (χ3v) is 11.0. The first-order chi connectivity index (χ1) is 26.7. The van der Waals surface area contributed by atoms with Crippen LogP contribution >= 0.6 is 23.5 Å². The number of tetrazole rings is 1. The van der Waals surface area contributed by atoms with Gasteiger partial charge in [0.15, 0.2) is 18.1 Å². The molecule has 0 spiro atoms. The van der Waals surface area contributed by atoms with Crippen LogP contribution in [0.2, 0.25) is 0 Å². The second-order valence-corrected chi connectivity index (χ2v) is 14.2. The molecule has 292 valence electrons. The largest absolute Gasteiger partial charge is 0.504 e. The molecule has 0 bridgehead atoms. The number of aromatic hydroxyl groups is 2. The van der Waals surface area contributed by atoms with Gasteiger partial charge in [0.25, 0.3) is 11.8 Å². The maximum Gasteiger partial charge on any atom is 0.352 e. The molecule has 0 saturated carbocycles. The van der Waals surface area contributed by atoms with E-state index in [0.717, 1.165) is 39.2 Å². The maximum atomic E-state index is 14.0. The van der Waals surface area contributed by atoms with E-state index in [1.165, 1.54) is 41.1 Å². The highest BCUT2D eigenvalue weighted by molar-refractivity contribution is 8.01. The van der Waals surface area contributed by atoms with Gasteiger partial charge in [0.2, 0.25) is 16.5 Å². The number of carboxylic acids is 3. The number of aliphatic carboxylic acids is 3. The first kappa shape index (κ1) is 39.1. The molecule has 0 radical (unpaired) electrons. The molecule has 3 atom stereocenters. The van der Waals surface area contributed by atoms with Gasteiger partial charge in [-0.3, -0.25) is 28.9 Å². The van der Waals surface area contributed by atoms with Crippen molar-refractivity contribution in [1.82, 2.24) is 40.3 Å². The second-order valence-electron chi connectivity index (χ2n) is 12.1. The molecule has 4 aromatic rings. The van der Waals surface area contributed by atoms with Crippen molar-refractivity contribution in [3.63, 3.8) is 0 Å². The van der Waals surface area contributed by atoms with Crippen LogP contribution in [0, 0.1) is 0 Å². The number of rotatable bonds is 15. The van der Waals surface area contributed by atoms with Crippen molar-refractivity contribution in [3.8, 4) is 17.2 Å². The molecule has 3 amide bonds. The number of fused-ring (bicyclic) bond motifs is 2. The quantitative estimate of drug-likeness (QED) is 0.0471. The van der Waals surface area contributed by atoms with Gasteiger partial charge in [0, 0.05) is 30.3 Å². The SMILES string of the molecule is CCn1cc(C(=O)NC(C(=O)N[C@@H]2C(=O)N3C(C(=O)O)=C(CSc4nnnn4CC(=O)O)CS[C@H]23)c2ccc(OCC(=O)O)cc2)c(=O)c2cc(O)c(O)cc21. The van der Waals surface area contributed by atoms with E-state index >= 15 is 0 Å². The normalized spacial score (nSPS) is 16.8. The molecule has 1 fully saturated rings. The van der Waals surface area contributed by atoms with Crippen LogP contribution in [0.25, 0.3) is 10.9 Å². The van der Waals surface area contributed by atoms with E-state index in [-0.39, 0.29) is 51.1 Å². The van der Waals surface area contributed by atoms with Gasteiger partial charge in [0.1, 0.15) is 41.0 Å². The minimum atomic E-state index is -1.57. The number of hydrogen-bond acceptors (Lipinski definition) is 15. The molecule has 21 nitrogen and oxygen atoms in total. The van der Waals surface area contributed by atoms with Crippen LogP contribution in [0.3, 0.4) is 0 Å². The fourth-order valence-electron chi connectivity index (χ4n) is 5.96. The van der Waals surface area contributed by atoms with Crippen LogP contribution < -0.4 is 20.8 Å². The van der Waals surface area contributed by atoms with Crippen molar-refractivity contribution in [2.45, 2.75) is 42.6 Å². The number of aromatic nitrogens is 5. The number of nitrogens with one attached hydrogen (secondary N) is 2. The van der Waals surface area contributed by atoms with Crippen LogP contribution in [0.5, 0.6) is 17.2 Å². The summed E-state index contributed by atoms with van der Waals surface area (Å²) in [6, 6.07) is 4.78. The minimum Gasteiger partial charge on any atom is -0.504 e. The molecule has 7 N–H and O–H groups in total. The highest BCUT2D eigenvalue weighted by atomic mass is 32.2. The Kier molecular flexibility index (Phi) is 11.2. The first-order valence-corrected chi connectivity index (χ1v) is 18.4. The summed E-state index contributed by atoms with van der Waals surface area (Å²) in [6.45, 7) is 0.762. The number of β-lactam (4-membered cyclic amide) rings is 1. The Morgan fingerprint density at radius 2 is 1.75 bits per heavy atom. The zero-order chi connectivity index (χ0) is 40.4. The first-order valence-electron chi connectivity index (χ1n) is 16.3. The molecule has 6 rings (SSSR count). The zero-order valence-electron chi connectivity index (χ0n) is 28.8. The lowest BCUT2D eigenvalue weighted by atomic mass is 10.0. The van der Waals surface area contributed by atoms with Crippen molar-refractivity contribution < 1.29 is 59.0 Å². The number of pyridine rings is 1. The predicted octanol–water partition coefficient (Wildman–Crippen LogP) is -0.0309. The number of phenolic OH excluding ortho intramolecular Hbond substituents is 2. The molecule has 4 heterocycles. The van der Waals surface area contributed by atoms with Crippen LogP contribution in [0.15, 0.2) is 63.8 Å². The molecule has 0 aliphatic carbocycles. The van der Waals surface area contributed by atoms with Crippen molar-refractivity contribution in [2.24, 2.45) is 0 Å². The van der Waals surface area contributed by atoms with E-state index in [4.69, 9.17) is 14.9 Å². The lowest BCUT2D eigenvalue weighted by molar-refractivity contribution is -0.151. The maximum absolute atomic E-state index is 14.0. The summed E-state index contributed by atoms with van der Waals surface area (Å²) < 4.78 is 7.67. The average Bonchev–Trinajstić information content (AvgIpc) is 3.60. The van der Waals surface area contributed by atoms with Gasteiger partial charge in [-0.2, -0.15) is 0 Å². The van der Waals surface area contributed by atoms with Crippen LogP contribution in [0.1, 0.15) is 28.9 Å². The third kappa shape index (κ3) is 7.79. The zero-order valence-corrected chi connectivity index (χ0v) is 30.4. The van der Waals surface area contributed by atoms with Crippen molar-refractivity contribution in [1.29, 1.82) is 0 Å². The monoisotopic (exact) mass is 810 g/mol. The van der Waals surface area contributed by atoms with Crippen molar-refractivity contribution in [3.05, 3.63) is 75.2 Å². The number of amides is 3. The number of phenols is 2. The van der Waals surface area contributed by atoms with Crippen molar-refractivity contribution in [2.75, 3.05) is 18.1 Å². The molecule has 1 saturated heterocycles. The Bertz CT molecular complexity index is 2380. The average molecular weight is 811 g/mol. The molecule has 1 unspecified atom stereocenters. The lowest BCUT2D eigenvalue weighted by Crippen LogP contribution is -2.71. The van der Waals surface area contributed by atoms with Gasteiger partial charge in [-0.15, -0.1) is 16.9 Å². The number of carboxylic acid groups (broad SMARTS) is 3. The van der Waals surface area contributed by atoms with E-state index in [9.17, 15) is 48.9 Å². The fraction of sp³-hybridized carbons (Fsp3) is 0.273. The molecule has 2 aliphatic heterocycles. The Morgan fingerprint density at radius 3 is 2.41 bits per heavy atom. The Morgan fingerprint density at radius 1 is 1.04 bits per heavy atom. The molecular formula is C33H30N8O13S2. The summed E-state index contributed by atoms with van der Waals surface area (Å²) in [7, 11) is 0. The summed E-state index contributed by atoms with van der Waals surface area (Å²) in [5, 5.41) is 63.3. The summed E-state index contributed by atoms with van der Waals surface area (Å²) >= 11 is 2.13. The molecule has 56 heavy (non-hydrogen) atoms. The topological polar surface area (TPSA) is 306 Å². The number of ether oxygens (including phenoxy) is 1. The minimum absolute atomic E-state index is 0.00226. The number of aryl methyl sites for hydroxylation is 1. The Hall–Kier alpha value is -6.62. The number of benzene rings is 2. The van der Waals surface area contributed by atoms with E-state index < -0.39 is 88.7 Å². The van der Waals surface area contributed by atoms with E-state index in [1.54, 1.807) is 6.92 Å². The van der Waals surface area contributed by atoms with Crippen LogP contribution in [-0.2, 0) is 37.1 Å². The van der Waals surface area contributed by atoms with Crippen LogP contribution in [-0.4, -0.2) is 120 Å². The number of thioether (sulfide) groups is 2. The van der Waals surface area contributed by atoms with Gasteiger partial charge in [0.05, 0.1) is 10.9 Å². The Labute approximate surface area is 321 Å². The highest BCUT2D eigenvalue weighted by Gasteiger charge is 2.54.